The quantitative estimate of drug-likeness (QED) is 0.0829. The fraction of sp³-hybridized carbons (Fsp3) is 0.172. The molecule has 1 aliphatic heterocycles. The topological polar surface area (TPSA) is 173 Å². The predicted octanol–water partition coefficient (Wildman–Crippen LogP) is 3.32. The lowest BCUT2D eigenvalue weighted by molar-refractivity contribution is 0.00951. The number of nitrogens with one attached hydrogen (secondary N) is 2. The number of carbonyl (C=O) groups excluding carboxylic acids is 3. The number of ether oxygens (including phenoxy) is 1. The summed E-state index contributed by atoms with van der Waals surface area (Å²) >= 11 is 0. The maximum Gasteiger partial charge on any atom is 0.339 e. The van der Waals surface area contributed by atoms with Gasteiger partial charge in [-0.1, -0.05) is 36.4 Å². The molecule has 2 aromatic carbocycles. The molecule has 4 aromatic rings. The highest BCUT2D eigenvalue weighted by atomic mass is 16.6. The maximum atomic E-state index is 13.4. The number of imide groups is 1. The zero-order valence-electron chi connectivity index (χ0n) is 22.2. The Morgan fingerprint density at radius 1 is 1.05 bits per heavy atom. The summed E-state index contributed by atoms with van der Waals surface area (Å²) in [5, 5.41) is 16.7. The number of nitrogens with zero attached hydrogens (tertiary/aromatic N) is 4. The van der Waals surface area contributed by atoms with Crippen molar-refractivity contribution < 1.29 is 24.2 Å². The van der Waals surface area contributed by atoms with Gasteiger partial charge in [0.25, 0.3) is 11.8 Å². The smallest absolute Gasteiger partial charge is 0.339 e. The van der Waals surface area contributed by atoms with Crippen molar-refractivity contribution in [2.75, 3.05) is 17.2 Å². The van der Waals surface area contributed by atoms with Gasteiger partial charge in [-0.15, -0.1) is 0 Å². The van der Waals surface area contributed by atoms with Crippen LogP contribution in [-0.2, 0) is 10.3 Å². The van der Waals surface area contributed by atoms with Gasteiger partial charge in [-0.25, -0.2) is 20.6 Å². The van der Waals surface area contributed by atoms with Gasteiger partial charge in [0, 0.05) is 23.6 Å². The van der Waals surface area contributed by atoms with Crippen LogP contribution in [0.15, 0.2) is 79.1 Å². The number of rotatable bonds is 8. The predicted molar refractivity (Wildman–Crippen MR) is 149 cm³/mol. The molecule has 12 nitrogen and oxygen atoms in total. The summed E-state index contributed by atoms with van der Waals surface area (Å²) in [6.45, 7) is 3.27. The van der Waals surface area contributed by atoms with Gasteiger partial charge < -0.3 is 20.5 Å². The first kappa shape index (κ1) is 27.4. The fourth-order valence-electron chi connectivity index (χ4n) is 4.40. The van der Waals surface area contributed by atoms with Gasteiger partial charge in [-0.05, 0) is 49.7 Å². The van der Waals surface area contributed by atoms with E-state index in [1.807, 2.05) is 30.3 Å². The molecule has 1 atom stereocenters. The van der Waals surface area contributed by atoms with E-state index >= 15 is 0 Å². The van der Waals surface area contributed by atoms with E-state index in [-0.39, 0.29) is 29.6 Å². The van der Waals surface area contributed by atoms with Crippen LogP contribution in [0.4, 0.5) is 17.5 Å². The second-order valence-electron chi connectivity index (χ2n) is 9.73. The Bertz CT molecular complexity index is 1610. The minimum Gasteiger partial charge on any atom is -0.451 e. The van der Waals surface area contributed by atoms with E-state index in [1.165, 1.54) is 18.5 Å². The second kappa shape index (κ2) is 11.1. The lowest BCUT2D eigenvalue weighted by atomic mass is 9.95. The van der Waals surface area contributed by atoms with Crippen molar-refractivity contribution in [1.29, 1.82) is 0 Å². The Balaban J connectivity index is 1.49. The Morgan fingerprint density at radius 2 is 1.80 bits per heavy atom. The SMILES string of the molecule is CC1(C)OC(=O)c2ccc(Nc3ncc(C(=O)N(N)C(=O)c4ccccn4)c(N[C@H](CO)c4ccccc4)n3)cc21. The number of hydrogen-bond acceptors (Lipinski definition) is 11. The summed E-state index contributed by atoms with van der Waals surface area (Å²) in [6.07, 6.45) is 2.64. The highest BCUT2D eigenvalue weighted by Gasteiger charge is 2.37. The molecule has 0 unspecified atom stereocenters. The second-order valence-corrected chi connectivity index (χ2v) is 9.73. The van der Waals surface area contributed by atoms with Gasteiger partial charge in [0.05, 0.1) is 18.2 Å². The van der Waals surface area contributed by atoms with Gasteiger partial charge in [0.1, 0.15) is 22.7 Å². The number of aromatic nitrogens is 3. The highest BCUT2D eigenvalue weighted by Crippen LogP contribution is 2.37. The van der Waals surface area contributed by atoms with Gasteiger partial charge >= 0.3 is 5.97 Å². The van der Waals surface area contributed by atoms with E-state index in [0.29, 0.717) is 21.8 Å². The monoisotopic (exact) mass is 553 g/mol. The van der Waals surface area contributed by atoms with Crippen molar-refractivity contribution in [2.45, 2.75) is 25.5 Å². The van der Waals surface area contributed by atoms with Crippen molar-refractivity contribution >= 4 is 35.2 Å². The number of esters is 1. The van der Waals surface area contributed by atoms with Crippen LogP contribution in [0.2, 0.25) is 0 Å². The molecule has 208 valence electrons. The highest BCUT2D eigenvalue weighted by molar-refractivity contribution is 6.10. The zero-order valence-corrected chi connectivity index (χ0v) is 22.2. The Morgan fingerprint density at radius 3 is 2.51 bits per heavy atom. The molecule has 0 saturated carbocycles. The molecule has 0 fully saturated rings. The number of hydrazine groups is 1. The maximum absolute atomic E-state index is 13.4. The number of aliphatic hydroxyl groups is 1. The number of hydrogen-bond donors (Lipinski definition) is 4. The molecule has 0 radical (unpaired) electrons. The number of fused-ring (bicyclic) bond motifs is 1. The minimum atomic E-state index is -0.880. The zero-order chi connectivity index (χ0) is 29.1. The number of anilines is 3. The van der Waals surface area contributed by atoms with Crippen LogP contribution < -0.4 is 16.5 Å². The average Bonchev–Trinajstić information content (AvgIpc) is 3.22. The van der Waals surface area contributed by atoms with Crippen LogP contribution in [0.3, 0.4) is 0 Å². The van der Waals surface area contributed by atoms with Crippen LogP contribution >= 0.6 is 0 Å². The van der Waals surface area contributed by atoms with Crippen molar-refractivity contribution in [3.63, 3.8) is 0 Å². The first-order chi connectivity index (χ1) is 19.7. The van der Waals surface area contributed by atoms with E-state index in [2.05, 4.69) is 25.6 Å². The third-order valence-corrected chi connectivity index (χ3v) is 6.53. The summed E-state index contributed by atoms with van der Waals surface area (Å²) in [5.41, 5.74) is 1.56. The van der Waals surface area contributed by atoms with Gasteiger partial charge in [0.15, 0.2) is 0 Å². The van der Waals surface area contributed by atoms with Gasteiger partial charge in [-0.3, -0.25) is 14.6 Å². The Labute approximate surface area is 235 Å². The molecule has 5 rings (SSSR count). The molecule has 1 aliphatic rings. The summed E-state index contributed by atoms with van der Waals surface area (Å²) in [4.78, 5) is 51.1. The number of benzene rings is 2. The average molecular weight is 554 g/mol. The van der Waals surface area contributed by atoms with Crippen molar-refractivity contribution in [3.8, 4) is 0 Å². The number of nitrogens with two attached hydrogens (primary N) is 1. The molecule has 2 amide bonds. The van der Waals surface area contributed by atoms with Crippen LogP contribution in [0, 0.1) is 0 Å². The Hall–Kier alpha value is -5.20. The molecule has 0 saturated heterocycles. The molecule has 0 bridgehead atoms. The molecule has 3 heterocycles. The van der Waals surface area contributed by atoms with Crippen LogP contribution in [-0.4, -0.2) is 49.5 Å². The third-order valence-electron chi connectivity index (χ3n) is 6.53. The third kappa shape index (κ3) is 5.60. The molecule has 0 aliphatic carbocycles. The number of carbonyl (C=O) groups is 3. The molecule has 5 N–H and O–H groups in total. The summed E-state index contributed by atoms with van der Waals surface area (Å²) < 4.78 is 5.44. The van der Waals surface area contributed by atoms with Crippen molar-refractivity contribution in [3.05, 3.63) is 107 Å². The van der Waals surface area contributed by atoms with E-state index in [1.54, 1.807) is 44.2 Å². The lowest BCUT2D eigenvalue weighted by Crippen LogP contribution is -2.43. The van der Waals surface area contributed by atoms with E-state index in [0.717, 1.165) is 5.56 Å². The fourth-order valence-corrected chi connectivity index (χ4v) is 4.40. The molecular weight excluding hydrogens is 526 g/mol. The molecular formula is C29H27N7O5. The number of pyridine rings is 1. The van der Waals surface area contributed by atoms with Gasteiger partial charge in [-0.2, -0.15) is 4.98 Å². The summed E-state index contributed by atoms with van der Waals surface area (Å²) in [7, 11) is 0. The number of aliphatic hydroxyl groups excluding tert-OH is 1. The summed E-state index contributed by atoms with van der Waals surface area (Å²) in [5.74, 6) is 3.96. The standard InChI is InChI=1S/C29H27N7O5/c1-29(2)21-14-18(11-12-19(21)27(40)41-29)33-28-32-15-20(25(38)36(30)26(39)22-10-6-7-13-31-22)24(35-28)34-23(16-37)17-8-4-3-5-9-17/h3-15,23,37H,16,30H2,1-2H3,(H2,32,33,34,35)/t23-/m1/s1. The first-order valence-electron chi connectivity index (χ1n) is 12.7. The molecule has 0 spiro atoms. The van der Waals surface area contributed by atoms with Crippen LogP contribution in [0.5, 0.6) is 0 Å². The largest absolute Gasteiger partial charge is 0.451 e. The first-order valence-corrected chi connectivity index (χ1v) is 12.7. The Kier molecular flexibility index (Phi) is 7.42. The molecule has 2 aromatic heterocycles. The van der Waals surface area contributed by atoms with E-state index < -0.39 is 29.4 Å². The molecule has 12 heteroatoms. The van der Waals surface area contributed by atoms with Crippen molar-refractivity contribution in [2.24, 2.45) is 5.84 Å². The van der Waals surface area contributed by atoms with Crippen molar-refractivity contribution in [1.82, 2.24) is 20.0 Å². The summed E-state index contributed by atoms with van der Waals surface area (Å²) in [6, 6.07) is 18.2. The minimum absolute atomic E-state index is 0.0171. The van der Waals surface area contributed by atoms with Gasteiger partial charge in [0.2, 0.25) is 5.95 Å². The normalized spacial score (nSPS) is 14.0. The lowest BCUT2D eigenvalue weighted by Gasteiger charge is -2.21. The molecule has 41 heavy (non-hydrogen) atoms. The van der Waals surface area contributed by atoms with E-state index in [9.17, 15) is 19.5 Å². The van der Waals surface area contributed by atoms with Crippen LogP contribution in [0.25, 0.3) is 0 Å². The van der Waals surface area contributed by atoms with E-state index in [4.69, 9.17) is 10.6 Å². The number of amides is 2. The number of cyclic esters (lactones) is 1. The van der Waals surface area contributed by atoms with Crippen LogP contribution in [0.1, 0.15) is 62.2 Å².